The van der Waals surface area contributed by atoms with Gasteiger partial charge in [0.25, 0.3) is 5.91 Å². The molecule has 142 valence electrons. The molecule has 0 bridgehead atoms. The van der Waals surface area contributed by atoms with E-state index in [2.05, 4.69) is 10.3 Å². The lowest BCUT2D eigenvalue weighted by Crippen LogP contribution is -2.37. The molecular formula is C21H26N4O2. The molecule has 0 aliphatic heterocycles. The number of benzene rings is 2. The number of ether oxygens (including phenoxy) is 1. The molecule has 0 spiro atoms. The summed E-state index contributed by atoms with van der Waals surface area (Å²) < 4.78 is 5.88. The number of hydrogen-bond donors (Lipinski definition) is 4. The van der Waals surface area contributed by atoms with E-state index in [1.165, 1.54) is 5.56 Å². The molecule has 0 saturated heterocycles. The third kappa shape index (κ3) is 5.09. The van der Waals surface area contributed by atoms with E-state index < -0.39 is 0 Å². The molecule has 6 N–H and O–H groups in total. The van der Waals surface area contributed by atoms with Gasteiger partial charge >= 0.3 is 0 Å². The number of H-pyrrole nitrogens is 1. The van der Waals surface area contributed by atoms with Crippen molar-refractivity contribution in [3.63, 3.8) is 0 Å². The van der Waals surface area contributed by atoms with Crippen LogP contribution in [0.1, 0.15) is 28.9 Å². The SMILES string of the molecule is Cc1ccc(Oc2ccc3cc(C(=O)NC[C@@H](N)CCCN)[nH]c3c2)cc1. The van der Waals surface area contributed by atoms with Gasteiger partial charge in [-0.05, 0) is 56.6 Å². The first kappa shape index (κ1) is 18.9. The molecule has 3 rings (SSSR count). The van der Waals surface area contributed by atoms with Gasteiger partial charge in [-0.25, -0.2) is 0 Å². The van der Waals surface area contributed by atoms with E-state index in [1.807, 2.05) is 55.5 Å². The van der Waals surface area contributed by atoms with E-state index in [-0.39, 0.29) is 11.9 Å². The lowest BCUT2D eigenvalue weighted by atomic mass is 10.1. The van der Waals surface area contributed by atoms with E-state index in [4.69, 9.17) is 16.2 Å². The van der Waals surface area contributed by atoms with Gasteiger partial charge in [0, 0.05) is 29.6 Å². The molecule has 2 aromatic carbocycles. The van der Waals surface area contributed by atoms with Crippen LogP contribution in [0.2, 0.25) is 0 Å². The summed E-state index contributed by atoms with van der Waals surface area (Å²) in [6, 6.07) is 15.3. The zero-order chi connectivity index (χ0) is 19.2. The van der Waals surface area contributed by atoms with Crippen molar-refractivity contribution in [2.45, 2.75) is 25.8 Å². The highest BCUT2D eigenvalue weighted by molar-refractivity contribution is 5.98. The topological polar surface area (TPSA) is 106 Å². The average Bonchev–Trinajstić information content (AvgIpc) is 3.09. The minimum absolute atomic E-state index is 0.0867. The molecule has 0 aliphatic rings. The average molecular weight is 366 g/mol. The zero-order valence-corrected chi connectivity index (χ0v) is 15.5. The van der Waals surface area contributed by atoms with E-state index >= 15 is 0 Å². The number of fused-ring (bicyclic) bond motifs is 1. The minimum Gasteiger partial charge on any atom is -0.457 e. The van der Waals surface area contributed by atoms with Crippen LogP contribution in [-0.4, -0.2) is 30.0 Å². The molecule has 6 heteroatoms. The molecule has 0 radical (unpaired) electrons. The van der Waals surface area contributed by atoms with Crippen molar-refractivity contribution in [2.24, 2.45) is 11.5 Å². The molecule has 0 fully saturated rings. The van der Waals surface area contributed by atoms with Crippen LogP contribution in [-0.2, 0) is 0 Å². The number of aromatic amines is 1. The number of carbonyl (C=O) groups excluding carboxylic acids is 1. The Balaban J connectivity index is 1.66. The molecule has 27 heavy (non-hydrogen) atoms. The summed E-state index contributed by atoms with van der Waals surface area (Å²) in [7, 11) is 0. The first-order valence-electron chi connectivity index (χ1n) is 9.16. The fourth-order valence-electron chi connectivity index (χ4n) is 2.84. The van der Waals surface area contributed by atoms with Crippen LogP contribution < -0.4 is 21.5 Å². The number of amides is 1. The predicted molar refractivity (Wildman–Crippen MR) is 108 cm³/mol. The van der Waals surface area contributed by atoms with Gasteiger partial charge in [-0.15, -0.1) is 0 Å². The summed E-state index contributed by atoms with van der Waals surface area (Å²) >= 11 is 0. The molecule has 1 heterocycles. The molecule has 0 aliphatic carbocycles. The van der Waals surface area contributed by atoms with Gasteiger partial charge in [0.05, 0.1) is 0 Å². The Morgan fingerprint density at radius 2 is 1.89 bits per heavy atom. The highest BCUT2D eigenvalue weighted by atomic mass is 16.5. The second-order valence-electron chi connectivity index (χ2n) is 6.75. The third-order valence-electron chi connectivity index (χ3n) is 4.40. The van der Waals surface area contributed by atoms with Crippen LogP contribution in [0.5, 0.6) is 11.5 Å². The maximum Gasteiger partial charge on any atom is 0.267 e. The van der Waals surface area contributed by atoms with Crippen LogP contribution in [0.15, 0.2) is 48.5 Å². The van der Waals surface area contributed by atoms with Crippen LogP contribution >= 0.6 is 0 Å². The smallest absolute Gasteiger partial charge is 0.267 e. The summed E-state index contributed by atoms with van der Waals surface area (Å²) in [6.45, 7) is 3.07. The summed E-state index contributed by atoms with van der Waals surface area (Å²) in [5.74, 6) is 1.32. The van der Waals surface area contributed by atoms with Crippen LogP contribution in [0, 0.1) is 6.92 Å². The monoisotopic (exact) mass is 366 g/mol. The van der Waals surface area contributed by atoms with Gasteiger partial charge in [-0.3, -0.25) is 4.79 Å². The van der Waals surface area contributed by atoms with Crippen molar-refractivity contribution in [3.8, 4) is 11.5 Å². The van der Waals surface area contributed by atoms with Crippen molar-refractivity contribution >= 4 is 16.8 Å². The largest absolute Gasteiger partial charge is 0.457 e. The van der Waals surface area contributed by atoms with Crippen LogP contribution in [0.3, 0.4) is 0 Å². The molecule has 3 aromatic rings. The first-order valence-corrected chi connectivity index (χ1v) is 9.16. The van der Waals surface area contributed by atoms with Gasteiger partial charge < -0.3 is 26.5 Å². The number of nitrogens with one attached hydrogen (secondary N) is 2. The maximum atomic E-state index is 12.3. The molecule has 6 nitrogen and oxygen atoms in total. The van der Waals surface area contributed by atoms with Crippen molar-refractivity contribution < 1.29 is 9.53 Å². The molecule has 1 amide bonds. The summed E-state index contributed by atoms with van der Waals surface area (Å²) in [5.41, 5.74) is 14.0. The number of aryl methyl sites for hydroxylation is 1. The van der Waals surface area contributed by atoms with Gasteiger partial charge in [0.1, 0.15) is 17.2 Å². The summed E-state index contributed by atoms with van der Waals surface area (Å²) in [6.07, 6.45) is 1.65. The van der Waals surface area contributed by atoms with Crippen molar-refractivity contribution in [1.82, 2.24) is 10.3 Å². The number of hydrogen-bond acceptors (Lipinski definition) is 4. The van der Waals surface area contributed by atoms with E-state index in [0.717, 1.165) is 29.5 Å². The summed E-state index contributed by atoms with van der Waals surface area (Å²) in [5, 5.41) is 3.81. The minimum atomic E-state index is -0.171. The Morgan fingerprint density at radius 1 is 1.15 bits per heavy atom. The second kappa shape index (κ2) is 8.70. The molecular weight excluding hydrogens is 340 g/mol. The Morgan fingerprint density at radius 3 is 2.63 bits per heavy atom. The first-order chi connectivity index (χ1) is 13.0. The van der Waals surface area contributed by atoms with Crippen molar-refractivity contribution in [1.29, 1.82) is 0 Å². The number of nitrogens with two attached hydrogens (primary N) is 2. The number of rotatable bonds is 8. The highest BCUT2D eigenvalue weighted by Gasteiger charge is 2.11. The van der Waals surface area contributed by atoms with Gasteiger partial charge in [0.2, 0.25) is 0 Å². The Labute approximate surface area is 158 Å². The van der Waals surface area contributed by atoms with Crippen molar-refractivity contribution in [2.75, 3.05) is 13.1 Å². The van der Waals surface area contributed by atoms with Crippen molar-refractivity contribution in [3.05, 3.63) is 59.8 Å². The molecule has 1 aromatic heterocycles. The molecule has 0 unspecified atom stereocenters. The fourth-order valence-corrected chi connectivity index (χ4v) is 2.84. The van der Waals surface area contributed by atoms with E-state index in [9.17, 15) is 4.79 Å². The third-order valence-corrected chi connectivity index (χ3v) is 4.40. The number of aromatic nitrogens is 1. The Hall–Kier alpha value is -2.83. The summed E-state index contributed by atoms with van der Waals surface area (Å²) in [4.78, 5) is 15.5. The fraction of sp³-hybridized carbons (Fsp3) is 0.286. The standard InChI is InChI=1S/C21H26N4O2/c1-14-4-7-17(8-5-14)27-18-9-6-15-11-20(25-19(15)12-18)21(26)24-13-16(23)3-2-10-22/h4-9,11-12,16,25H,2-3,10,13,22-23H2,1H3,(H,24,26)/t16-/m0/s1. The second-order valence-corrected chi connectivity index (χ2v) is 6.75. The molecule has 1 atom stereocenters. The Bertz CT molecular complexity index is 902. The molecule has 0 saturated carbocycles. The maximum absolute atomic E-state index is 12.3. The normalized spacial score (nSPS) is 12.1. The van der Waals surface area contributed by atoms with E-state index in [0.29, 0.717) is 24.5 Å². The number of carbonyl (C=O) groups is 1. The highest BCUT2D eigenvalue weighted by Crippen LogP contribution is 2.26. The lowest BCUT2D eigenvalue weighted by Gasteiger charge is -2.11. The van der Waals surface area contributed by atoms with E-state index in [1.54, 1.807) is 0 Å². The van der Waals surface area contributed by atoms with Crippen LogP contribution in [0.25, 0.3) is 10.9 Å². The lowest BCUT2D eigenvalue weighted by molar-refractivity contribution is 0.0946. The predicted octanol–water partition coefficient (Wildman–Crippen LogP) is 3.06. The van der Waals surface area contributed by atoms with Gasteiger partial charge in [0.15, 0.2) is 0 Å². The van der Waals surface area contributed by atoms with Gasteiger partial charge in [-0.1, -0.05) is 17.7 Å². The quantitative estimate of drug-likeness (QED) is 0.491. The van der Waals surface area contributed by atoms with Crippen LogP contribution in [0.4, 0.5) is 0 Å². The van der Waals surface area contributed by atoms with Gasteiger partial charge in [-0.2, -0.15) is 0 Å². The zero-order valence-electron chi connectivity index (χ0n) is 15.5. The Kier molecular flexibility index (Phi) is 6.11.